The second-order valence-corrected chi connectivity index (χ2v) is 9.49. The van der Waals surface area contributed by atoms with E-state index < -0.39 is 0 Å². The number of rotatable bonds is 2. The van der Waals surface area contributed by atoms with Crippen molar-refractivity contribution in [3.05, 3.63) is 109 Å². The number of para-hydroxylation sites is 2. The van der Waals surface area contributed by atoms with Crippen molar-refractivity contribution in [3.63, 3.8) is 0 Å². The van der Waals surface area contributed by atoms with E-state index >= 15 is 0 Å². The third-order valence-corrected chi connectivity index (χ3v) is 7.54. The average Bonchev–Trinajstić information content (AvgIpc) is 3.41. The van der Waals surface area contributed by atoms with Crippen LogP contribution < -0.4 is 0 Å². The molecule has 4 aromatic heterocycles. The van der Waals surface area contributed by atoms with E-state index in [0.29, 0.717) is 5.95 Å². The fourth-order valence-electron chi connectivity index (χ4n) is 6.06. The van der Waals surface area contributed by atoms with E-state index in [1.54, 1.807) is 0 Å². The molecule has 37 heavy (non-hydrogen) atoms. The van der Waals surface area contributed by atoms with Gasteiger partial charge in [-0.3, -0.25) is 4.57 Å². The van der Waals surface area contributed by atoms with Crippen molar-refractivity contribution >= 4 is 65.7 Å². The van der Waals surface area contributed by atoms with Crippen LogP contribution in [-0.2, 0) is 0 Å². The Hall–Kier alpha value is -5.16. The quantitative estimate of drug-likeness (QED) is 0.255. The summed E-state index contributed by atoms with van der Waals surface area (Å²) in [6.07, 6.45) is 1.90. The Balaban J connectivity index is 1.53. The molecule has 0 atom stereocenters. The van der Waals surface area contributed by atoms with E-state index in [2.05, 4.69) is 81.9 Å². The van der Waals surface area contributed by atoms with Crippen molar-refractivity contribution < 1.29 is 4.42 Å². The van der Waals surface area contributed by atoms with Gasteiger partial charge < -0.3 is 8.98 Å². The fraction of sp³-hybridized carbons (Fsp3) is 0. The van der Waals surface area contributed by atoms with Gasteiger partial charge in [-0.25, -0.2) is 9.97 Å². The fourth-order valence-corrected chi connectivity index (χ4v) is 6.06. The minimum atomic E-state index is 0.655. The molecular weight excluding hydrogens is 456 g/mol. The minimum absolute atomic E-state index is 0.655. The summed E-state index contributed by atoms with van der Waals surface area (Å²) in [7, 11) is 0. The van der Waals surface area contributed by atoms with E-state index in [1.807, 2.05) is 36.5 Å². The number of nitrogens with zero attached hydrogens (tertiary/aromatic N) is 4. The molecule has 0 aliphatic heterocycles. The van der Waals surface area contributed by atoms with Crippen molar-refractivity contribution in [1.29, 1.82) is 0 Å². The van der Waals surface area contributed by atoms with Gasteiger partial charge in [-0.15, -0.1) is 0 Å². The van der Waals surface area contributed by atoms with Crippen LogP contribution in [0.4, 0.5) is 0 Å². The summed E-state index contributed by atoms with van der Waals surface area (Å²) >= 11 is 0. The number of fused-ring (bicyclic) bond motifs is 1. The molecule has 4 heterocycles. The number of hydrogen-bond acceptors (Lipinski definition) is 3. The van der Waals surface area contributed by atoms with Crippen LogP contribution >= 0.6 is 0 Å². The van der Waals surface area contributed by atoms with Gasteiger partial charge in [0.15, 0.2) is 0 Å². The number of hydrogen-bond donors (Lipinski definition) is 0. The first-order valence-electron chi connectivity index (χ1n) is 12.4. The predicted molar refractivity (Wildman–Crippen MR) is 149 cm³/mol. The van der Waals surface area contributed by atoms with E-state index in [1.165, 1.54) is 10.8 Å². The molecular formula is C32H18N4O. The Kier molecular flexibility index (Phi) is 3.47. The molecule has 9 rings (SSSR count). The molecule has 0 unspecified atom stereocenters. The molecule has 9 aromatic rings. The topological polar surface area (TPSA) is 48.8 Å². The predicted octanol–water partition coefficient (Wildman–Crippen LogP) is 8.01. The molecule has 0 saturated heterocycles. The summed E-state index contributed by atoms with van der Waals surface area (Å²) in [5.41, 5.74) is 8.15. The molecule has 5 heteroatoms. The molecule has 0 fully saturated rings. The summed E-state index contributed by atoms with van der Waals surface area (Å²) in [6, 6.07) is 35.6. The lowest BCUT2D eigenvalue weighted by atomic mass is 10.1. The molecule has 0 saturated carbocycles. The van der Waals surface area contributed by atoms with Gasteiger partial charge in [0.05, 0.1) is 38.4 Å². The average molecular weight is 475 g/mol. The van der Waals surface area contributed by atoms with E-state index in [-0.39, 0.29) is 0 Å². The zero-order valence-electron chi connectivity index (χ0n) is 19.6. The van der Waals surface area contributed by atoms with Gasteiger partial charge >= 0.3 is 0 Å². The van der Waals surface area contributed by atoms with Crippen LogP contribution in [0.3, 0.4) is 0 Å². The Morgan fingerprint density at radius 3 is 1.89 bits per heavy atom. The van der Waals surface area contributed by atoms with Crippen molar-refractivity contribution in [2.45, 2.75) is 0 Å². The molecule has 0 aliphatic rings. The maximum Gasteiger partial charge on any atom is 0.235 e. The van der Waals surface area contributed by atoms with E-state index in [9.17, 15) is 0 Å². The highest BCUT2D eigenvalue weighted by molar-refractivity contribution is 6.34. The second-order valence-electron chi connectivity index (χ2n) is 9.49. The van der Waals surface area contributed by atoms with Crippen molar-refractivity contribution in [2.24, 2.45) is 0 Å². The van der Waals surface area contributed by atoms with Crippen LogP contribution in [0.15, 0.2) is 114 Å². The van der Waals surface area contributed by atoms with Gasteiger partial charge in [0.25, 0.3) is 0 Å². The van der Waals surface area contributed by atoms with Crippen LogP contribution in [0, 0.1) is 0 Å². The second kappa shape index (κ2) is 6.74. The van der Waals surface area contributed by atoms with E-state index in [0.717, 1.165) is 60.6 Å². The molecule has 0 N–H and O–H groups in total. The monoisotopic (exact) mass is 474 g/mol. The van der Waals surface area contributed by atoms with E-state index in [4.69, 9.17) is 14.4 Å². The van der Waals surface area contributed by atoms with Crippen molar-refractivity contribution in [3.8, 4) is 11.6 Å². The van der Waals surface area contributed by atoms with Crippen LogP contribution in [-0.4, -0.2) is 19.1 Å². The van der Waals surface area contributed by atoms with Gasteiger partial charge in [-0.2, -0.15) is 0 Å². The SMILES string of the molecule is c1ccc(-n2c3cccc4oc5cccc6c5c5c(c43)c2ccc5n6-c2ncc3ccccc3n2)cc1. The third kappa shape index (κ3) is 2.38. The zero-order chi connectivity index (χ0) is 24.1. The van der Waals surface area contributed by atoms with Gasteiger partial charge in [-0.05, 0) is 54.6 Å². The normalized spacial score (nSPS) is 12.3. The summed E-state index contributed by atoms with van der Waals surface area (Å²) in [5.74, 6) is 0.655. The molecule has 0 amide bonds. The largest absolute Gasteiger partial charge is 0.456 e. The Bertz CT molecular complexity index is 2300. The highest BCUT2D eigenvalue weighted by Crippen LogP contribution is 2.46. The number of aromatic nitrogens is 4. The Labute approximate surface area is 210 Å². The van der Waals surface area contributed by atoms with Crippen LogP contribution in [0.25, 0.3) is 77.3 Å². The molecule has 0 bridgehead atoms. The molecule has 5 aromatic carbocycles. The summed E-state index contributed by atoms with van der Waals surface area (Å²) in [6.45, 7) is 0. The third-order valence-electron chi connectivity index (χ3n) is 7.54. The standard InChI is InChI=1S/C32H18N4O/c1-2-9-20(10-3-1)35-22-12-6-14-26-28(22)30-24(35)16-17-25-31(30)29-23(13-7-15-27(29)37-26)36(25)32-33-18-19-8-4-5-11-21(19)34-32/h1-18H. The van der Waals surface area contributed by atoms with Crippen LogP contribution in [0.5, 0.6) is 0 Å². The Morgan fingerprint density at radius 1 is 0.514 bits per heavy atom. The first-order valence-corrected chi connectivity index (χ1v) is 12.4. The first-order chi connectivity index (χ1) is 18.4. The van der Waals surface area contributed by atoms with Crippen molar-refractivity contribution in [1.82, 2.24) is 19.1 Å². The maximum atomic E-state index is 6.66. The number of benzene rings is 5. The molecule has 0 spiro atoms. The van der Waals surface area contributed by atoms with Gasteiger partial charge in [-0.1, -0.05) is 48.5 Å². The summed E-state index contributed by atoms with van der Waals surface area (Å²) < 4.78 is 11.2. The molecule has 0 radical (unpaired) electrons. The minimum Gasteiger partial charge on any atom is -0.456 e. The molecule has 5 nitrogen and oxygen atoms in total. The lowest BCUT2D eigenvalue weighted by Gasteiger charge is -2.08. The maximum absolute atomic E-state index is 6.66. The van der Waals surface area contributed by atoms with Crippen molar-refractivity contribution in [2.75, 3.05) is 0 Å². The molecule has 172 valence electrons. The smallest absolute Gasteiger partial charge is 0.235 e. The van der Waals surface area contributed by atoms with Crippen LogP contribution in [0.2, 0.25) is 0 Å². The lowest BCUT2D eigenvalue weighted by molar-refractivity contribution is 0.664. The molecule has 0 aliphatic carbocycles. The summed E-state index contributed by atoms with van der Waals surface area (Å²) in [4.78, 5) is 9.76. The lowest BCUT2D eigenvalue weighted by Crippen LogP contribution is -2.01. The van der Waals surface area contributed by atoms with Crippen LogP contribution in [0.1, 0.15) is 0 Å². The zero-order valence-corrected chi connectivity index (χ0v) is 19.6. The van der Waals surface area contributed by atoms with Gasteiger partial charge in [0, 0.05) is 28.0 Å². The van der Waals surface area contributed by atoms with Gasteiger partial charge in [0.1, 0.15) is 11.2 Å². The summed E-state index contributed by atoms with van der Waals surface area (Å²) in [5, 5.41) is 5.60. The highest BCUT2D eigenvalue weighted by Gasteiger charge is 2.25. The Morgan fingerprint density at radius 2 is 1.14 bits per heavy atom. The highest BCUT2D eigenvalue weighted by atomic mass is 16.3. The van der Waals surface area contributed by atoms with Gasteiger partial charge in [0.2, 0.25) is 5.95 Å². The first kappa shape index (κ1) is 19.1.